The molecule has 0 fully saturated rings. The molecule has 0 aliphatic carbocycles. The highest BCUT2D eigenvalue weighted by Gasteiger charge is 2.15. The first-order valence-electron chi connectivity index (χ1n) is 17.1. The van der Waals surface area contributed by atoms with Crippen LogP contribution in [0.5, 0.6) is 0 Å². The molecule has 0 aliphatic rings. The van der Waals surface area contributed by atoms with E-state index in [4.69, 9.17) is 0 Å². The Morgan fingerprint density at radius 2 is 0.771 bits per heavy atom. The molecular formula is C48H38. The molecule has 230 valence electrons. The van der Waals surface area contributed by atoms with Gasteiger partial charge in [0.15, 0.2) is 0 Å². The first-order chi connectivity index (χ1) is 23.5. The summed E-state index contributed by atoms with van der Waals surface area (Å²) in [5, 5.41) is 9.60. The van der Waals surface area contributed by atoms with E-state index >= 15 is 0 Å². The molecule has 8 rings (SSSR count). The van der Waals surface area contributed by atoms with Crippen LogP contribution >= 0.6 is 0 Å². The summed E-state index contributed by atoms with van der Waals surface area (Å²) in [5.41, 5.74) is 9.74. The third-order valence-electron chi connectivity index (χ3n) is 9.82. The second-order valence-corrected chi connectivity index (χ2v) is 13.6. The summed E-state index contributed by atoms with van der Waals surface area (Å²) in [7, 11) is 0. The van der Waals surface area contributed by atoms with E-state index in [1.54, 1.807) is 0 Å². The topological polar surface area (TPSA) is 0 Å². The molecule has 0 bridgehead atoms. The quantitative estimate of drug-likeness (QED) is 0.137. The number of hydrogen-bond donors (Lipinski definition) is 0. The lowest BCUT2D eigenvalue weighted by molar-refractivity contribution is 0.867. The van der Waals surface area contributed by atoms with Gasteiger partial charge in [-0.3, -0.25) is 0 Å². The van der Waals surface area contributed by atoms with Crippen molar-refractivity contribution in [1.82, 2.24) is 0 Å². The van der Waals surface area contributed by atoms with Crippen molar-refractivity contribution >= 4 is 43.1 Å². The molecule has 0 spiro atoms. The minimum absolute atomic E-state index is 0.454. The highest BCUT2D eigenvalue weighted by molar-refractivity contribution is 6.13. The summed E-state index contributed by atoms with van der Waals surface area (Å²) < 4.78 is 0. The molecular weight excluding hydrogens is 577 g/mol. The summed E-state index contributed by atoms with van der Waals surface area (Å²) in [6, 6.07) is 53.4. The molecule has 48 heavy (non-hydrogen) atoms. The van der Waals surface area contributed by atoms with E-state index in [1.165, 1.54) is 76.5 Å². The van der Waals surface area contributed by atoms with Crippen LogP contribution < -0.4 is 0 Å². The SMILES string of the molecule is CC(C)c1cccc(-c2cccc3cc4ccccc4c(C#Cc4c5ccccc5cc5cccc(-c6cccc(C(C)C)c6)c45)c23)c1. The van der Waals surface area contributed by atoms with Crippen molar-refractivity contribution in [3.63, 3.8) is 0 Å². The maximum atomic E-state index is 3.84. The van der Waals surface area contributed by atoms with E-state index in [1.807, 2.05) is 0 Å². The smallest absolute Gasteiger partial charge is 0.0412 e. The van der Waals surface area contributed by atoms with Crippen molar-refractivity contribution in [3.05, 3.63) is 168 Å². The Bertz CT molecular complexity index is 2390. The minimum Gasteiger partial charge on any atom is -0.0616 e. The van der Waals surface area contributed by atoms with Gasteiger partial charge in [0.25, 0.3) is 0 Å². The van der Waals surface area contributed by atoms with Crippen molar-refractivity contribution < 1.29 is 0 Å². The molecule has 0 atom stereocenters. The zero-order valence-electron chi connectivity index (χ0n) is 28.0. The fraction of sp³-hybridized carbons (Fsp3) is 0.125. The molecule has 0 nitrogen and oxygen atoms in total. The first-order valence-corrected chi connectivity index (χ1v) is 17.1. The Kier molecular flexibility index (Phi) is 7.55. The number of fused-ring (bicyclic) bond motifs is 4. The average Bonchev–Trinajstić information content (AvgIpc) is 3.12. The second kappa shape index (κ2) is 12.2. The van der Waals surface area contributed by atoms with Gasteiger partial charge in [0.2, 0.25) is 0 Å². The molecule has 0 unspecified atom stereocenters. The second-order valence-electron chi connectivity index (χ2n) is 13.6. The van der Waals surface area contributed by atoms with E-state index in [-0.39, 0.29) is 0 Å². The Morgan fingerprint density at radius 3 is 1.21 bits per heavy atom. The first kappa shape index (κ1) is 29.7. The molecule has 0 radical (unpaired) electrons. The zero-order chi connectivity index (χ0) is 32.8. The fourth-order valence-electron chi connectivity index (χ4n) is 7.24. The van der Waals surface area contributed by atoms with Crippen LogP contribution in [-0.2, 0) is 0 Å². The zero-order valence-corrected chi connectivity index (χ0v) is 28.0. The third kappa shape index (κ3) is 5.23. The maximum Gasteiger partial charge on any atom is 0.0412 e. The molecule has 0 aliphatic heterocycles. The van der Waals surface area contributed by atoms with Crippen molar-refractivity contribution in [2.24, 2.45) is 0 Å². The molecule has 0 amide bonds. The summed E-state index contributed by atoms with van der Waals surface area (Å²) in [4.78, 5) is 0. The number of hydrogen-bond acceptors (Lipinski definition) is 0. The standard InChI is InChI=1S/C48H38/c1-31(2)33-15-9-17-37(27-33)43-23-11-19-39-29-35-13-5-7-21-41(35)45(47(39)43)25-26-46-42-22-8-6-14-36(42)30-40-20-12-24-44(48(40)46)38-18-10-16-34(28-38)32(3)4/h5-24,27-32H,1-4H3. The number of rotatable bonds is 4. The van der Waals surface area contributed by atoms with E-state index in [0.29, 0.717) is 11.8 Å². The van der Waals surface area contributed by atoms with Gasteiger partial charge >= 0.3 is 0 Å². The normalized spacial score (nSPS) is 11.5. The van der Waals surface area contributed by atoms with Crippen LogP contribution in [0.1, 0.15) is 61.8 Å². The van der Waals surface area contributed by atoms with E-state index in [2.05, 4.69) is 185 Å². The van der Waals surface area contributed by atoms with Crippen LogP contribution in [-0.4, -0.2) is 0 Å². The van der Waals surface area contributed by atoms with Gasteiger partial charge in [-0.1, -0.05) is 173 Å². The van der Waals surface area contributed by atoms with Crippen molar-refractivity contribution in [1.29, 1.82) is 0 Å². The highest BCUT2D eigenvalue weighted by atomic mass is 14.2. The molecule has 0 saturated heterocycles. The van der Waals surface area contributed by atoms with Gasteiger partial charge in [0.05, 0.1) is 0 Å². The average molecular weight is 615 g/mol. The predicted molar refractivity (Wildman–Crippen MR) is 208 cm³/mol. The van der Waals surface area contributed by atoms with E-state index in [0.717, 1.165) is 11.1 Å². The largest absolute Gasteiger partial charge is 0.0616 e. The van der Waals surface area contributed by atoms with E-state index < -0.39 is 0 Å². The lowest BCUT2D eigenvalue weighted by Crippen LogP contribution is -1.93. The summed E-state index contributed by atoms with van der Waals surface area (Å²) in [5.74, 6) is 8.58. The van der Waals surface area contributed by atoms with Crippen LogP contribution in [0.15, 0.2) is 146 Å². The Balaban J connectivity index is 1.46. The van der Waals surface area contributed by atoms with Crippen molar-refractivity contribution in [2.75, 3.05) is 0 Å². The molecule has 8 aromatic rings. The van der Waals surface area contributed by atoms with Gasteiger partial charge in [0, 0.05) is 21.9 Å². The van der Waals surface area contributed by atoms with E-state index in [9.17, 15) is 0 Å². The van der Waals surface area contributed by atoms with Gasteiger partial charge in [-0.2, -0.15) is 0 Å². The van der Waals surface area contributed by atoms with Crippen LogP contribution in [0.25, 0.3) is 65.3 Å². The Labute approximate surface area is 283 Å². The van der Waals surface area contributed by atoms with Gasteiger partial charge < -0.3 is 0 Å². The Hall–Kier alpha value is -5.64. The Morgan fingerprint density at radius 1 is 0.375 bits per heavy atom. The molecule has 0 heterocycles. The van der Waals surface area contributed by atoms with Crippen LogP contribution in [0.2, 0.25) is 0 Å². The minimum atomic E-state index is 0.454. The third-order valence-corrected chi connectivity index (χ3v) is 9.82. The molecule has 0 heteroatoms. The monoisotopic (exact) mass is 614 g/mol. The highest BCUT2D eigenvalue weighted by Crippen LogP contribution is 2.39. The van der Waals surface area contributed by atoms with Crippen molar-refractivity contribution in [2.45, 2.75) is 39.5 Å². The van der Waals surface area contributed by atoms with Gasteiger partial charge in [-0.25, -0.2) is 0 Å². The maximum absolute atomic E-state index is 3.84. The molecule has 0 N–H and O–H groups in total. The van der Waals surface area contributed by atoms with Gasteiger partial charge in [-0.05, 0) is 89.7 Å². The van der Waals surface area contributed by atoms with Gasteiger partial charge in [-0.15, -0.1) is 0 Å². The summed E-state index contributed by atoms with van der Waals surface area (Å²) in [6.45, 7) is 9.03. The lowest BCUT2D eigenvalue weighted by atomic mass is 9.88. The summed E-state index contributed by atoms with van der Waals surface area (Å²) >= 11 is 0. The molecule has 8 aromatic carbocycles. The van der Waals surface area contributed by atoms with Crippen LogP contribution in [0.3, 0.4) is 0 Å². The predicted octanol–water partition coefficient (Wildman–Crippen LogP) is 13.3. The van der Waals surface area contributed by atoms with Crippen LogP contribution in [0, 0.1) is 11.8 Å². The number of benzene rings is 8. The molecule has 0 saturated carbocycles. The van der Waals surface area contributed by atoms with Crippen molar-refractivity contribution in [3.8, 4) is 34.1 Å². The summed E-state index contributed by atoms with van der Waals surface area (Å²) in [6.07, 6.45) is 0. The lowest BCUT2D eigenvalue weighted by Gasteiger charge is -2.15. The van der Waals surface area contributed by atoms with Crippen LogP contribution in [0.4, 0.5) is 0 Å². The van der Waals surface area contributed by atoms with Gasteiger partial charge in [0.1, 0.15) is 0 Å². The molecule has 0 aromatic heterocycles. The fourth-order valence-corrected chi connectivity index (χ4v) is 7.24.